The van der Waals surface area contributed by atoms with Crippen LogP contribution >= 0.6 is 0 Å². The zero-order chi connectivity index (χ0) is 17.2. The van der Waals surface area contributed by atoms with E-state index in [1.54, 1.807) is 0 Å². The molecular formula is C20H26N2O3. The van der Waals surface area contributed by atoms with Gasteiger partial charge in [0, 0.05) is 24.1 Å². The van der Waals surface area contributed by atoms with Gasteiger partial charge in [0.25, 0.3) is 0 Å². The van der Waals surface area contributed by atoms with E-state index in [0.29, 0.717) is 13.2 Å². The summed E-state index contributed by atoms with van der Waals surface area (Å²) < 4.78 is 19.4. The zero-order valence-electron chi connectivity index (χ0n) is 15.1. The Balaban J connectivity index is 1.67. The van der Waals surface area contributed by atoms with Gasteiger partial charge in [-0.3, -0.25) is 0 Å². The standard InChI is InChI=1S/C20H26N2O3/c1-14-15(2)22-12-17(16-6-9-23-10-7-16)11-18(20(22)21-14)13-25-19-5-3-4-8-24-19/h6,11-12,19H,3-5,7-10,13H2,1-2H3. The molecule has 25 heavy (non-hydrogen) atoms. The summed E-state index contributed by atoms with van der Waals surface area (Å²) in [6, 6.07) is 2.22. The smallest absolute Gasteiger partial charge is 0.158 e. The third kappa shape index (κ3) is 3.50. The van der Waals surface area contributed by atoms with Crippen molar-refractivity contribution in [3.8, 4) is 0 Å². The molecule has 1 fully saturated rings. The molecule has 5 heteroatoms. The number of fused-ring (bicyclic) bond motifs is 1. The minimum Gasteiger partial charge on any atom is -0.377 e. The summed E-state index contributed by atoms with van der Waals surface area (Å²) in [6.07, 6.45) is 8.52. The predicted molar refractivity (Wildman–Crippen MR) is 96.5 cm³/mol. The van der Waals surface area contributed by atoms with Gasteiger partial charge in [0.2, 0.25) is 0 Å². The molecule has 1 atom stereocenters. The van der Waals surface area contributed by atoms with Gasteiger partial charge in [-0.2, -0.15) is 0 Å². The number of imidazole rings is 1. The predicted octanol–water partition coefficient (Wildman–Crippen LogP) is 3.80. The van der Waals surface area contributed by atoms with Crippen LogP contribution in [0.1, 0.15) is 48.2 Å². The molecule has 2 aromatic rings. The van der Waals surface area contributed by atoms with E-state index >= 15 is 0 Å². The lowest BCUT2D eigenvalue weighted by atomic mass is 10.0. The highest BCUT2D eigenvalue weighted by atomic mass is 16.7. The number of aromatic nitrogens is 2. The monoisotopic (exact) mass is 342 g/mol. The topological polar surface area (TPSA) is 45.0 Å². The lowest BCUT2D eigenvalue weighted by Crippen LogP contribution is -2.22. The van der Waals surface area contributed by atoms with Crippen molar-refractivity contribution < 1.29 is 14.2 Å². The van der Waals surface area contributed by atoms with Gasteiger partial charge in [-0.15, -0.1) is 0 Å². The van der Waals surface area contributed by atoms with Crippen LogP contribution in [0.2, 0.25) is 0 Å². The quantitative estimate of drug-likeness (QED) is 0.848. The highest BCUT2D eigenvalue weighted by Gasteiger charge is 2.18. The summed E-state index contributed by atoms with van der Waals surface area (Å²) >= 11 is 0. The molecule has 0 spiro atoms. The van der Waals surface area contributed by atoms with Crippen LogP contribution in [0.5, 0.6) is 0 Å². The third-order valence-corrected chi connectivity index (χ3v) is 5.17. The highest BCUT2D eigenvalue weighted by Crippen LogP contribution is 2.27. The molecule has 1 unspecified atom stereocenters. The summed E-state index contributed by atoms with van der Waals surface area (Å²) in [4.78, 5) is 4.76. The molecule has 0 amide bonds. The maximum absolute atomic E-state index is 6.05. The second-order valence-electron chi connectivity index (χ2n) is 6.89. The molecular weight excluding hydrogens is 316 g/mol. The fourth-order valence-electron chi connectivity index (χ4n) is 3.54. The van der Waals surface area contributed by atoms with Gasteiger partial charge in [-0.1, -0.05) is 6.08 Å². The molecule has 0 aliphatic carbocycles. The van der Waals surface area contributed by atoms with Gasteiger partial charge < -0.3 is 18.6 Å². The average Bonchev–Trinajstić information content (AvgIpc) is 2.96. The first-order valence-electron chi connectivity index (χ1n) is 9.21. The molecule has 134 valence electrons. The van der Waals surface area contributed by atoms with Crippen molar-refractivity contribution in [2.75, 3.05) is 19.8 Å². The number of rotatable bonds is 4. The second-order valence-corrected chi connectivity index (χ2v) is 6.89. The van der Waals surface area contributed by atoms with Gasteiger partial charge in [-0.25, -0.2) is 4.98 Å². The van der Waals surface area contributed by atoms with Gasteiger partial charge in [0.15, 0.2) is 6.29 Å². The van der Waals surface area contributed by atoms with Gasteiger partial charge in [-0.05, 0) is 56.7 Å². The Hall–Kier alpha value is -1.69. The molecule has 0 saturated carbocycles. The minimum absolute atomic E-state index is 0.0862. The average molecular weight is 342 g/mol. The van der Waals surface area contributed by atoms with Crippen molar-refractivity contribution in [3.05, 3.63) is 40.9 Å². The fourth-order valence-corrected chi connectivity index (χ4v) is 3.54. The lowest BCUT2D eigenvalue weighted by Gasteiger charge is -2.23. The molecule has 0 radical (unpaired) electrons. The van der Waals surface area contributed by atoms with E-state index in [0.717, 1.165) is 49.4 Å². The van der Waals surface area contributed by atoms with E-state index in [4.69, 9.17) is 19.2 Å². The lowest BCUT2D eigenvalue weighted by molar-refractivity contribution is -0.168. The first-order chi connectivity index (χ1) is 12.2. The minimum atomic E-state index is -0.0862. The van der Waals surface area contributed by atoms with Crippen molar-refractivity contribution in [3.63, 3.8) is 0 Å². The van der Waals surface area contributed by atoms with E-state index in [1.165, 1.54) is 23.3 Å². The zero-order valence-corrected chi connectivity index (χ0v) is 15.1. The Morgan fingerprint density at radius 3 is 2.96 bits per heavy atom. The third-order valence-electron chi connectivity index (χ3n) is 5.17. The maximum Gasteiger partial charge on any atom is 0.158 e. The highest BCUT2D eigenvalue weighted by molar-refractivity contribution is 5.69. The van der Waals surface area contributed by atoms with Crippen LogP contribution in [0.3, 0.4) is 0 Å². The number of ether oxygens (including phenoxy) is 3. The van der Waals surface area contributed by atoms with Crippen molar-refractivity contribution in [2.24, 2.45) is 0 Å². The second kappa shape index (κ2) is 7.28. The van der Waals surface area contributed by atoms with Gasteiger partial charge in [0.1, 0.15) is 5.65 Å². The molecule has 4 heterocycles. The van der Waals surface area contributed by atoms with Crippen LogP contribution in [-0.4, -0.2) is 35.5 Å². The van der Waals surface area contributed by atoms with Crippen LogP contribution in [-0.2, 0) is 20.8 Å². The molecule has 1 saturated heterocycles. The normalized spacial score (nSPS) is 21.5. The number of aryl methyl sites for hydroxylation is 2. The van der Waals surface area contributed by atoms with Gasteiger partial charge in [0.05, 0.1) is 25.5 Å². The summed E-state index contributed by atoms with van der Waals surface area (Å²) in [5.41, 5.74) is 6.93. The first-order valence-corrected chi connectivity index (χ1v) is 9.21. The van der Waals surface area contributed by atoms with Crippen molar-refractivity contribution in [1.82, 2.24) is 9.38 Å². The van der Waals surface area contributed by atoms with E-state index < -0.39 is 0 Å². The van der Waals surface area contributed by atoms with Crippen LogP contribution in [0, 0.1) is 13.8 Å². The van der Waals surface area contributed by atoms with E-state index in [9.17, 15) is 0 Å². The Morgan fingerprint density at radius 2 is 2.20 bits per heavy atom. The molecule has 2 aliphatic heterocycles. The fraction of sp³-hybridized carbons (Fsp3) is 0.550. The summed E-state index contributed by atoms with van der Waals surface area (Å²) in [7, 11) is 0. The molecule has 5 nitrogen and oxygen atoms in total. The Morgan fingerprint density at radius 1 is 1.28 bits per heavy atom. The number of hydrogen-bond acceptors (Lipinski definition) is 4. The summed E-state index contributed by atoms with van der Waals surface area (Å²) in [5, 5.41) is 0. The Bertz CT molecular complexity index is 788. The van der Waals surface area contributed by atoms with E-state index in [2.05, 4.69) is 36.6 Å². The van der Waals surface area contributed by atoms with Gasteiger partial charge >= 0.3 is 0 Å². The molecule has 0 N–H and O–H groups in total. The molecule has 0 aromatic carbocycles. The molecule has 2 aromatic heterocycles. The Labute approximate surface area is 148 Å². The van der Waals surface area contributed by atoms with Crippen molar-refractivity contribution >= 4 is 11.2 Å². The largest absolute Gasteiger partial charge is 0.377 e. The molecule has 4 rings (SSSR count). The number of hydrogen-bond donors (Lipinski definition) is 0. The van der Waals surface area contributed by atoms with Crippen molar-refractivity contribution in [1.29, 1.82) is 0 Å². The number of pyridine rings is 1. The molecule has 2 aliphatic rings. The number of nitrogens with zero attached hydrogens (tertiary/aromatic N) is 2. The SMILES string of the molecule is Cc1nc2c(COC3CCCCO3)cc(C3=CCOCC3)cn2c1C. The maximum atomic E-state index is 6.05. The molecule has 0 bridgehead atoms. The summed E-state index contributed by atoms with van der Waals surface area (Å²) in [6.45, 7) is 6.98. The van der Waals surface area contributed by atoms with Crippen LogP contribution in [0.25, 0.3) is 11.2 Å². The van der Waals surface area contributed by atoms with Crippen LogP contribution < -0.4 is 0 Å². The van der Waals surface area contributed by atoms with E-state index in [-0.39, 0.29) is 6.29 Å². The Kier molecular flexibility index (Phi) is 4.88. The van der Waals surface area contributed by atoms with Crippen LogP contribution in [0.15, 0.2) is 18.3 Å². The van der Waals surface area contributed by atoms with Crippen molar-refractivity contribution in [2.45, 2.75) is 52.4 Å². The van der Waals surface area contributed by atoms with E-state index in [1.807, 2.05) is 0 Å². The summed E-state index contributed by atoms with van der Waals surface area (Å²) in [5.74, 6) is 0. The van der Waals surface area contributed by atoms with Crippen LogP contribution in [0.4, 0.5) is 0 Å². The first kappa shape index (κ1) is 16.8.